The maximum absolute atomic E-state index is 14.7. The largest absolute Gasteiger partial charge is 0.352 e. The fourth-order valence-corrected chi connectivity index (χ4v) is 5.93. The van der Waals surface area contributed by atoms with Crippen LogP contribution in [0, 0.1) is 5.82 Å². The second kappa shape index (κ2) is 13.3. The number of hydrogen-bond acceptors (Lipinski definition) is 4. The molecule has 0 heterocycles. The van der Waals surface area contributed by atoms with E-state index in [1.54, 1.807) is 24.3 Å². The lowest BCUT2D eigenvalue weighted by Crippen LogP contribution is -2.54. The molecule has 10 heteroatoms. The van der Waals surface area contributed by atoms with Crippen LogP contribution in [0.5, 0.6) is 0 Å². The van der Waals surface area contributed by atoms with E-state index in [-0.39, 0.29) is 30.6 Å². The van der Waals surface area contributed by atoms with Crippen molar-refractivity contribution in [2.75, 3.05) is 17.1 Å². The highest BCUT2D eigenvalue weighted by molar-refractivity contribution is 7.92. The molecular formula is C30H33ClFN3O4S. The van der Waals surface area contributed by atoms with E-state index in [0.29, 0.717) is 10.6 Å². The lowest BCUT2D eigenvalue weighted by atomic mass is 10.0. The molecule has 0 saturated heterocycles. The fraction of sp³-hybridized carbons (Fsp3) is 0.333. The van der Waals surface area contributed by atoms with Gasteiger partial charge in [-0.15, -0.1) is 0 Å². The molecular weight excluding hydrogens is 553 g/mol. The molecule has 4 rings (SSSR count). The average molecular weight is 586 g/mol. The SMILES string of the molecule is CS(=O)(=O)N(CC(=O)N(Cc1ccc(Cl)cc1)[C@@H](Cc1ccccc1)C(=O)NC1CCCC1)c1ccccc1F. The molecule has 212 valence electrons. The van der Waals surface area contributed by atoms with E-state index in [4.69, 9.17) is 11.6 Å². The summed E-state index contributed by atoms with van der Waals surface area (Å²) in [5.41, 5.74) is 1.32. The van der Waals surface area contributed by atoms with Crippen LogP contribution >= 0.6 is 11.6 Å². The van der Waals surface area contributed by atoms with Gasteiger partial charge < -0.3 is 10.2 Å². The van der Waals surface area contributed by atoms with Crippen LogP contribution in [-0.2, 0) is 32.6 Å². The third-order valence-corrected chi connectivity index (χ3v) is 8.42. The van der Waals surface area contributed by atoms with E-state index in [1.165, 1.54) is 23.1 Å². The second-order valence-corrected chi connectivity index (χ2v) is 12.4. The lowest BCUT2D eigenvalue weighted by molar-refractivity contribution is -0.140. The molecule has 1 fully saturated rings. The Kier molecular flexibility index (Phi) is 9.81. The zero-order valence-corrected chi connectivity index (χ0v) is 23.9. The number of nitrogens with zero attached hydrogens (tertiary/aromatic N) is 2. The molecule has 1 atom stereocenters. The van der Waals surface area contributed by atoms with Crippen LogP contribution in [0.4, 0.5) is 10.1 Å². The number of benzene rings is 3. The van der Waals surface area contributed by atoms with Crippen LogP contribution in [0.3, 0.4) is 0 Å². The summed E-state index contributed by atoms with van der Waals surface area (Å²) in [4.78, 5) is 29.2. The number of nitrogens with one attached hydrogen (secondary N) is 1. The summed E-state index contributed by atoms with van der Waals surface area (Å²) in [6.07, 6.45) is 4.91. The summed E-state index contributed by atoms with van der Waals surface area (Å²) >= 11 is 6.07. The summed E-state index contributed by atoms with van der Waals surface area (Å²) in [5.74, 6) is -1.72. The molecule has 1 aliphatic rings. The molecule has 40 heavy (non-hydrogen) atoms. The average Bonchev–Trinajstić information content (AvgIpc) is 3.43. The predicted octanol–water partition coefficient (Wildman–Crippen LogP) is 4.94. The maximum Gasteiger partial charge on any atom is 0.244 e. The van der Waals surface area contributed by atoms with E-state index in [2.05, 4.69) is 5.32 Å². The van der Waals surface area contributed by atoms with Crippen molar-refractivity contribution in [2.24, 2.45) is 0 Å². The highest BCUT2D eigenvalue weighted by Crippen LogP contribution is 2.24. The van der Waals surface area contributed by atoms with Gasteiger partial charge in [-0.05, 0) is 48.2 Å². The smallest absolute Gasteiger partial charge is 0.244 e. The summed E-state index contributed by atoms with van der Waals surface area (Å²) in [6.45, 7) is -0.643. The highest BCUT2D eigenvalue weighted by Gasteiger charge is 2.34. The van der Waals surface area contributed by atoms with E-state index in [9.17, 15) is 22.4 Å². The summed E-state index contributed by atoms with van der Waals surface area (Å²) in [6, 6.07) is 20.7. The Bertz CT molecular complexity index is 1410. The molecule has 2 amide bonds. The Morgan fingerprint density at radius 1 is 0.950 bits per heavy atom. The van der Waals surface area contributed by atoms with Gasteiger partial charge in [0, 0.05) is 24.0 Å². The minimum absolute atomic E-state index is 0.0178. The first kappa shape index (κ1) is 29.6. The van der Waals surface area contributed by atoms with Crippen LogP contribution in [0.25, 0.3) is 0 Å². The quantitative estimate of drug-likeness (QED) is 0.345. The number of para-hydroxylation sites is 1. The minimum Gasteiger partial charge on any atom is -0.352 e. The van der Waals surface area contributed by atoms with Gasteiger partial charge in [-0.2, -0.15) is 0 Å². The van der Waals surface area contributed by atoms with Crippen LogP contribution in [0.15, 0.2) is 78.9 Å². The topological polar surface area (TPSA) is 86.8 Å². The van der Waals surface area contributed by atoms with E-state index < -0.39 is 34.3 Å². The zero-order chi connectivity index (χ0) is 28.7. The van der Waals surface area contributed by atoms with Crippen molar-refractivity contribution in [3.8, 4) is 0 Å². The predicted molar refractivity (Wildman–Crippen MR) is 155 cm³/mol. The first-order valence-corrected chi connectivity index (χ1v) is 15.4. The Labute approximate surface area is 240 Å². The zero-order valence-electron chi connectivity index (χ0n) is 22.3. The molecule has 0 aliphatic heterocycles. The third kappa shape index (κ3) is 7.82. The fourth-order valence-electron chi connectivity index (χ4n) is 4.96. The van der Waals surface area contributed by atoms with Gasteiger partial charge >= 0.3 is 0 Å². The van der Waals surface area contributed by atoms with Crippen LogP contribution in [0.1, 0.15) is 36.8 Å². The van der Waals surface area contributed by atoms with Gasteiger partial charge in [0.15, 0.2) is 0 Å². The van der Waals surface area contributed by atoms with E-state index in [1.807, 2.05) is 30.3 Å². The van der Waals surface area contributed by atoms with Gasteiger partial charge in [-0.1, -0.05) is 79.0 Å². The molecule has 3 aromatic rings. The Hall–Kier alpha value is -3.43. The normalized spacial score (nSPS) is 14.5. The van der Waals surface area contributed by atoms with Crippen molar-refractivity contribution < 1.29 is 22.4 Å². The molecule has 0 spiro atoms. The molecule has 1 N–H and O–H groups in total. The maximum atomic E-state index is 14.7. The van der Waals surface area contributed by atoms with Crippen molar-refractivity contribution in [1.29, 1.82) is 0 Å². The number of amides is 2. The Morgan fingerprint density at radius 2 is 1.57 bits per heavy atom. The first-order valence-electron chi connectivity index (χ1n) is 13.2. The van der Waals surface area contributed by atoms with Crippen LogP contribution < -0.4 is 9.62 Å². The Morgan fingerprint density at radius 3 is 2.20 bits per heavy atom. The van der Waals surface area contributed by atoms with Crippen molar-refractivity contribution in [3.63, 3.8) is 0 Å². The van der Waals surface area contributed by atoms with Crippen molar-refractivity contribution in [1.82, 2.24) is 10.2 Å². The number of carbonyl (C=O) groups excluding carboxylic acids is 2. The number of rotatable bonds is 11. The van der Waals surface area contributed by atoms with Gasteiger partial charge in [-0.3, -0.25) is 13.9 Å². The van der Waals surface area contributed by atoms with E-state index in [0.717, 1.165) is 47.9 Å². The molecule has 0 aromatic heterocycles. The van der Waals surface area contributed by atoms with Gasteiger partial charge in [-0.25, -0.2) is 12.8 Å². The number of carbonyl (C=O) groups is 2. The van der Waals surface area contributed by atoms with Crippen molar-refractivity contribution in [2.45, 2.75) is 50.7 Å². The summed E-state index contributed by atoms with van der Waals surface area (Å²) < 4.78 is 41.0. The number of halogens is 2. The second-order valence-electron chi connectivity index (χ2n) is 10.1. The molecule has 0 unspecified atom stereocenters. The van der Waals surface area contributed by atoms with Crippen LogP contribution in [-0.4, -0.2) is 50.0 Å². The van der Waals surface area contributed by atoms with Crippen molar-refractivity contribution in [3.05, 3.63) is 101 Å². The highest BCUT2D eigenvalue weighted by atomic mass is 35.5. The van der Waals surface area contributed by atoms with Crippen LogP contribution in [0.2, 0.25) is 5.02 Å². The third-order valence-electron chi connectivity index (χ3n) is 7.04. The van der Waals surface area contributed by atoms with Gasteiger partial charge in [0.1, 0.15) is 18.4 Å². The Balaban J connectivity index is 1.72. The number of hydrogen-bond donors (Lipinski definition) is 1. The molecule has 1 saturated carbocycles. The molecule has 0 radical (unpaired) electrons. The molecule has 3 aromatic carbocycles. The first-order chi connectivity index (χ1) is 19.1. The lowest BCUT2D eigenvalue weighted by Gasteiger charge is -2.34. The molecule has 7 nitrogen and oxygen atoms in total. The number of sulfonamides is 1. The summed E-state index contributed by atoms with van der Waals surface area (Å²) in [5, 5.41) is 3.63. The number of anilines is 1. The monoisotopic (exact) mass is 585 g/mol. The van der Waals surface area contributed by atoms with Gasteiger partial charge in [0.25, 0.3) is 0 Å². The molecule has 1 aliphatic carbocycles. The standard InChI is InChI=1S/C30H33ClFN3O4S/c1-40(38,39)35(27-14-8-7-13-26(27)32)21-29(36)34(20-23-15-17-24(31)18-16-23)28(19-22-9-3-2-4-10-22)30(37)33-25-11-5-6-12-25/h2-4,7-10,13-18,25,28H,5-6,11-12,19-21H2,1H3,(H,33,37)/t28-/m0/s1. The summed E-state index contributed by atoms with van der Waals surface area (Å²) in [7, 11) is -4.04. The molecule has 0 bridgehead atoms. The van der Waals surface area contributed by atoms with E-state index >= 15 is 0 Å². The van der Waals surface area contributed by atoms with Crippen molar-refractivity contribution >= 4 is 39.1 Å². The van der Waals surface area contributed by atoms with Gasteiger partial charge in [0.2, 0.25) is 21.8 Å². The minimum atomic E-state index is -4.04. The van der Waals surface area contributed by atoms with Gasteiger partial charge in [0.05, 0.1) is 11.9 Å².